The first-order valence-corrected chi connectivity index (χ1v) is 6.94. The molecule has 19 heavy (non-hydrogen) atoms. The van der Waals surface area contributed by atoms with Crippen molar-refractivity contribution in [3.63, 3.8) is 0 Å². The highest BCUT2D eigenvalue weighted by Crippen LogP contribution is 2.22. The number of rotatable bonds is 3. The van der Waals surface area contributed by atoms with Gasteiger partial charge in [-0.2, -0.15) is 8.42 Å². The van der Waals surface area contributed by atoms with Crippen molar-refractivity contribution >= 4 is 33.0 Å². The molecule has 2 rings (SSSR count). The summed E-state index contributed by atoms with van der Waals surface area (Å²) in [5.41, 5.74) is 5.58. The Kier molecular flexibility index (Phi) is 3.59. The molecule has 5 nitrogen and oxygen atoms in total. The number of pyridine rings is 1. The first-order chi connectivity index (χ1) is 8.90. The molecule has 100 valence electrons. The van der Waals surface area contributed by atoms with E-state index in [0.717, 1.165) is 6.07 Å². The van der Waals surface area contributed by atoms with Crippen molar-refractivity contribution in [3.05, 3.63) is 47.4 Å². The number of nitrogen functional groups attached to an aromatic ring is 1. The van der Waals surface area contributed by atoms with E-state index in [2.05, 4.69) is 9.71 Å². The van der Waals surface area contributed by atoms with E-state index in [4.69, 9.17) is 17.3 Å². The molecule has 0 atom stereocenters. The summed E-state index contributed by atoms with van der Waals surface area (Å²) in [6, 6.07) is 6.47. The number of nitrogens with zero attached hydrogens (tertiary/aromatic N) is 1. The summed E-state index contributed by atoms with van der Waals surface area (Å²) in [6.45, 7) is 0. The Labute approximate surface area is 114 Å². The fraction of sp³-hybridized carbons (Fsp3) is 0. The second kappa shape index (κ2) is 5.02. The summed E-state index contributed by atoms with van der Waals surface area (Å²) in [4.78, 5) is 3.69. The molecule has 2 aromatic rings. The zero-order valence-electron chi connectivity index (χ0n) is 9.47. The molecule has 0 saturated heterocycles. The lowest BCUT2D eigenvalue weighted by Crippen LogP contribution is -2.16. The van der Waals surface area contributed by atoms with Gasteiger partial charge in [-0.25, -0.2) is 9.37 Å². The minimum atomic E-state index is -3.97. The molecule has 1 heterocycles. The van der Waals surface area contributed by atoms with Gasteiger partial charge in [0, 0.05) is 6.20 Å². The zero-order chi connectivity index (χ0) is 14.0. The molecule has 0 saturated carbocycles. The lowest BCUT2D eigenvalue weighted by molar-refractivity contribution is 0.598. The Balaban J connectivity index is 2.37. The minimum Gasteiger partial charge on any atom is -0.396 e. The molecule has 0 fully saturated rings. The van der Waals surface area contributed by atoms with Crippen LogP contribution in [0.1, 0.15) is 0 Å². The highest BCUT2D eigenvalue weighted by molar-refractivity contribution is 7.92. The number of aromatic nitrogens is 1. The Bertz CT molecular complexity index is 722. The molecule has 3 N–H and O–H groups in total. The van der Waals surface area contributed by atoms with Crippen molar-refractivity contribution in [2.75, 3.05) is 10.5 Å². The van der Waals surface area contributed by atoms with Crippen LogP contribution in [-0.4, -0.2) is 13.4 Å². The molecule has 0 spiro atoms. The third kappa shape index (κ3) is 2.94. The normalized spacial score (nSPS) is 11.3. The van der Waals surface area contributed by atoms with E-state index >= 15 is 0 Å². The molecule has 0 radical (unpaired) electrons. The third-order valence-electron chi connectivity index (χ3n) is 2.23. The summed E-state index contributed by atoms with van der Waals surface area (Å²) < 4.78 is 39.4. The molecule has 1 aromatic heterocycles. The maximum Gasteiger partial charge on any atom is 0.281 e. The van der Waals surface area contributed by atoms with E-state index in [1.54, 1.807) is 0 Å². The van der Waals surface area contributed by atoms with Crippen LogP contribution >= 0.6 is 11.6 Å². The topological polar surface area (TPSA) is 85.1 Å². The maximum atomic E-state index is 13.2. The number of nitrogens with one attached hydrogen (secondary N) is 1. The van der Waals surface area contributed by atoms with Crippen LogP contribution in [0.3, 0.4) is 0 Å². The fourth-order valence-electron chi connectivity index (χ4n) is 1.39. The molecule has 0 unspecified atom stereocenters. The lowest BCUT2D eigenvalue weighted by Gasteiger charge is -2.09. The van der Waals surface area contributed by atoms with Gasteiger partial charge in [-0.3, -0.25) is 4.72 Å². The lowest BCUT2D eigenvalue weighted by atomic mass is 10.3. The zero-order valence-corrected chi connectivity index (χ0v) is 11.0. The molecule has 0 aliphatic heterocycles. The first kappa shape index (κ1) is 13.6. The molecular formula is C11H9ClFN3O2S. The van der Waals surface area contributed by atoms with Crippen molar-refractivity contribution in [3.8, 4) is 0 Å². The molecular weight excluding hydrogens is 293 g/mol. The smallest absolute Gasteiger partial charge is 0.281 e. The largest absolute Gasteiger partial charge is 0.396 e. The second-order valence-electron chi connectivity index (χ2n) is 3.63. The fourth-order valence-corrected chi connectivity index (χ4v) is 2.62. The predicted octanol–water partition coefficient (Wildman–Crippen LogP) is 2.26. The van der Waals surface area contributed by atoms with Crippen LogP contribution in [0, 0.1) is 5.82 Å². The van der Waals surface area contributed by atoms with Crippen molar-refractivity contribution in [1.29, 1.82) is 0 Å². The first-order valence-electron chi connectivity index (χ1n) is 5.08. The Morgan fingerprint density at radius 2 is 2.05 bits per heavy atom. The number of hydrogen-bond acceptors (Lipinski definition) is 4. The molecule has 8 heteroatoms. The summed E-state index contributed by atoms with van der Waals surface area (Å²) >= 11 is 5.51. The summed E-state index contributed by atoms with van der Waals surface area (Å²) in [5.74, 6) is -0.726. The standard InChI is InChI=1S/C11H9ClFN3O2S/c12-8-4-3-7(6-9(8)13)16-19(17,18)11-10(14)2-1-5-15-11/h1-6,16H,14H2. The average Bonchev–Trinajstić information content (AvgIpc) is 2.34. The van der Waals surface area contributed by atoms with Crippen LogP contribution in [0.5, 0.6) is 0 Å². The maximum absolute atomic E-state index is 13.2. The number of sulfonamides is 1. The highest BCUT2D eigenvalue weighted by atomic mass is 35.5. The van der Waals surface area contributed by atoms with Gasteiger partial charge in [-0.15, -0.1) is 0 Å². The van der Waals surface area contributed by atoms with Crippen molar-refractivity contribution in [1.82, 2.24) is 4.98 Å². The molecule has 0 bridgehead atoms. The van der Waals surface area contributed by atoms with Crippen molar-refractivity contribution in [2.45, 2.75) is 5.03 Å². The van der Waals surface area contributed by atoms with Crippen LogP contribution in [0.2, 0.25) is 5.02 Å². The quantitative estimate of drug-likeness (QED) is 0.910. The number of nitrogens with two attached hydrogens (primary N) is 1. The predicted molar refractivity (Wildman–Crippen MR) is 70.9 cm³/mol. The summed E-state index contributed by atoms with van der Waals surface area (Å²) in [5, 5.41) is -0.411. The average molecular weight is 302 g/mol. The number of hydrogen-bond donors (Lipinski definition) is 2. The number of anilines is 2. The number of halogens is 2. The highest BCUT2D eigenvalue weighted by Gasteiger charge is 2.19. The van der Waals surface area contributed by atoms with Gasteiger partial charge < -0.3 is 5.73 Å². The van der Waals surface area contributed by atoms with Gasteiger partial charge in [0.05, 0.1) is 16.4 Å². The van der Waals surface area contributed by atoms with Gasteiger partial charge in [-0.1, -0.05) is 11.6 Å². The van der Waals surface area contributed by atoms with Crippen LogP contribution in [0.25, 0.3) is 0 Å². The SMILES string of the molecule is Nc1cccnc1S(=O)(=O)Nc1ccc(Cl)c(F)c1. The van der Waals surface area contributed by atoms with E-state index in [-0.39, 0.29) is 21.4 Å². The van der Waals surface area contributed by atoms with Crippen LogP contribution in [-0.2, 0) is 10.0 Å². The van der Waals surface area contributed by atoms with Gasteiger partial charge >= 0.3 is 0 Å². The van der Waals surface area contributed by atoms with E-state index in [1.165, 1.54) is 30.5 Å². The molecule has 0 aliphatic rings. The molecule has 0 aliphatic carbocycles. The van der Waals surface area contributed by atoms with Gasteiger partial charge in [0.15, 0.2) is 5.03 Å². The monoisotopic (exact) mass is 301 g/mol. The second-order valence-corrected chi connectivity index (χ2v) is 5.64. The van der Waals surface area contributed by atoms with Crippen LogP contribution < -0.4 is 10.5 Å². The molecule has 0 amide bonds. The Morgan fingerprint density at radius 1 is 1.32 bits per heavy atom. The van der Waals surface area contributed by atoms with E-state index in [9.17, 15) is 12.8 Å². The Morgan fingerprint density at radius 3 is 2.68 bits per heavy atom. The number of benzene rings is 1. The summed E-state index contributed by atoms with van der Waals surface area (Å²) in [7, 11) is -3.97. The van der Waals surface area contributed by atoms with Crippen molar-refractivity contribution in [2.24, 2.45) is 0 Å². The van der Waals surface area contributed by atoms with Gasteiger partial charge in [0.1, 0.15) is 5.82 Å². The third-order valence-corrected chi connectivity index (χ3v) is 3.89. The van der Waals surface area contributed by atoms with Gasteiger partial charge in [0.25, 0.3) is 10.0 Å². The van der Waals surface area contributed by atoms with Crippen molar-refractivity contribution < 1.29 is 12.8 Å². The van der Waals surface area contributed by atoms with E-state index in [1.807, 2.05) is 0 Å². The van der Waals surface area contributed by atoms with E-state index in [0.29, 0.717) is 0 Å². The molecule has 1 aromatic carbocycles. The Hall–Kier alpha value is -1.86. The van der Waals surface area contributed by atoms with E-state index < -0.39 is 15.8 Å². The summed E-state index contributed by atoms with van der Waals surface area (Å²) in [6.07, 6.45) is 1.30. The minimum absolute atomic E-state index is 0.00411. The van der Waals surface area contributed by atoms with Crippen LogP contribution in [0.4, 0.5) is 15.8 Å². The van der Waals surface area contributed by atoms with Crippen LogP contribution in [0.15, 0.2) is 41.6 Å². The van der Waals surface area contributed by atoms with Gasteiger partial charge in [-0.05, 0) is 30.3 Å². The van der Waals surface area contributed by atoms with Gasteiger partial charge in [0.2, 0.25) is 0 Å².